The molecule has 0 aliphatic heterocycles. The van der Waals surface area contributed by atoms with Gasteiger partial charge in [0.25, 0.3) is 5.91 Å². The summed E-state index contributed by atoms with van der Waals surface area (Å²) in [5.74, 6) is -0.111. The second kappa shape index (κ2) is 6.48. The third kappa shape index (κ3) is 3.93. The van der Waals surface area contributed by atoms with E-state index in [1.165, 1.54) is 0 Å². The van der Waals surface area contributed by atoms with Crippen LogP contribution < -0.4 is 5.32 Å². The molecule has 1 rings (SSSR count). The van der Waals surface area contributed by atoms with E-state index in [2.05, 4.69) is 17.9 Å². The molecule has 3 nitrogen and oxygen atoms in total. The topological polar surface area (TPSA) is 38.3 Å². The van der Waals surface area contributed by atoms with Crippen molar-refractivity contribution in [1.29, 1.82) is 0 Å². The van der Waals surface area contributed by atoms with Gasteiger partial charge in [0.2, 0.25) is 0 Å². The predicted molar refractivity (Wildman–Crippen MR) is 62.5 cm³/mol. The number of nitrogens with one attached hydrogen (secondary N) is 1. The highest BCUT2D eigenvalue weighted by Crippen LogP contribution is 2.12. The Hall–Kier alpha value is -1.00. The van der Waals surface area contributed by atoms with Gasteiger partial charge < -0.3 is 10.1 Å². The first-order valence-electron chi connectivity index (χ1n) is 4.89. The van der Waals surface area contributed by atoms with Crippen LogP contribution in [0.15, 0.2) is 29.2 Å². The Kier molecular flexibility index (Phi) is 5.21. The van der Waals surface area contributed by atoms with Crippen molar-refractivity contribution in [2.24, 2.45) is 0 Å². The van der Waals surface area contributed by atoms with Crippen LogP contribution in [0.4, 0.5) is 0 Å². The molecule has 0 unspecified atom stereocenters. The lowest BCUT2D eigenvalue weighted by molar-refractivity contribution is 0.0920. The molecular formula is C11H15NO2S. The zero-order valence-corrected chi connectivity index (χ0v) is 9.59. The second-order valence-electron chi connectivity index (χ2n) is 2.97. The Balaban J connectivity index is 2.44. The average molecular weight is 225 g/mol. The van der Waals surface area contributed by atoms with Crippen molar-refractivity contribution < 1.29 is 9.53 Å². The normalized spacial score (nSPS) is 10.0. The van der Waals surface area contributed by atoms with Crippen LogP contribution in [0.5, 0.6) is 0 Å². The molecule has 1 aromatic rings. The summed E-state index contributed by atoms with van der Waals surface area (Å²) < 4.78 is 5.12. The Labute approximate surface area is 95.2 Å². The lowest BCUT2D eigenvalue weighted by Crippen LogP contribution is -2.27. The van der Waals surface area contributed by atoms with Gasteiger partial charge in [-0.25, -0.2) is 0 Å². The molecular weight excluding hydrogens is 210 g/mol. The zero-order chi connectivity index (χ0) is 11.1. The number of thiol groups is 1. The number of ether oxygens (including phenoxy) is 1. The molecule has 4 heteroatoms. The van der Waals surface area contributed by atoms with Crippen LogP contribution in [0.2, 0.25) is 0 Å². The summed E-state index contributed by atoms with van der Waals surface area (Å²) in [6.07, 6.45) is 0. The molecule has 0 fully saturated rings. The molecule has 0 aromatic heterocycles. The van der Waals surface area contributed by atoms with Crippen molar-refractivity contribution in [1.82, 2.24) is 5.32 Å². The molecule has 0 saturated carbocycles. The predicted octanol–water partition coefficient (Wildman–Crippen LogP) is 1.74. The molecule has 0 radical (unpaired) electrons. The maximum atomic E-state index is 11.6. The molecule has 0 aliphatic carbocycles. The summed E-state index contributed by atoms with van der Waals surface area (Å²) in [5.41, 5.74) is 0.595. The molecule has 1 N–H and O–H groups in total. The van der Waals surface area contributed by atoms with Crippen molar-refractivity contribution in [2.75, 3.05) is 19.8 Å². The van der Waals surface area contributed by atoms with Crippen LogP contribution in [0, 0.1) is 0 Å². The van der Waals surface area contributed by atoms with Gasteiger partial charge in [0, 0.05) is 18.0 Å². The molecule has 15 heavy (non-hydrogen) atoms. The molecule has 0 bridgehead atoms. The average Bonchev–Trinajstić information content (AvgIpc) is 2.25. The maximum Gasteiger partial charge on any atom is 0.252 e. The monoisotopic (exact) mass is 225 g/mol. The summed E-state index contributed by atoms with van der Waals surface area (Å²) in [5, 5.41) is 2.76. The van der Waals surface area contributed by atoms with Gasteiger partial charge in [0.15, 0.2) is 0 Å². The van der Waals surface area contributed by atoms with E-state index in [0.717, 1.165) is 0 Å². The molecule has 0 saturated heterocycles. The number of hydrogen-bond donors (Lipinski definition) is 2. The van der Waals surface area contributed by atoms with Crippen LogP contribution in [0.25, 0.3) is 0 Å². The van der Waals surface area contributed by atoms with Gasteiger partial charge in [0.1, 0.15) is 0 Å². The fraction of sp³-hybridized carbons (Fsp3) is 0.364. The van der Waals surface area contributed by atoms with Crippen molar-refractivity contribution in [3.8, 4) is 0 Å². The van der Waals surface area contributed by atoms with E-state index < -0.39 is 0 Å². The fourth-order valence-electron chi connectivity index (χ4n) is 1.14. The quantitative estimate of drug-likeness (QED) is 0.592. The summed E-state index contributed by atoms with van der Waals surface area (Å²) in [7, 11) is 0. The SMILES string of the molecule is CCOCCNC(=O)c1ccccc1S. The minimum Gasteiger partial charge on any atom is -0.380 e. The molecule has 0 atom stereocenters. The number of benzene rings is 1. The van der Waals surface area contributed by atoms with E-state index in [9.17, 15) is 4.79 Å². The van der Waals surface area contributed by atoms with Gasteiger partial charge in [-0.2, -0.15) is 0 Å². The number of carbonyl (C=O) groups is 1. The van der Waals surface area contributed by atoms with Gasteiger partial charge in [-0.05, 0) is 19.1 Å². The summed E-state index contributed by atoms with van der Waals surface area (Å²) >= 11 is 4.21. The van der Waals surface area contributed by atoms with Gasteiger partial charge in [-0.1, -0.05) is 12.1 Å². The van der Waals surface area contributed by atoms with E-state index >= 15 is 0 Å². The minimum atomic E-state index is -0.111. The second-order valence-corrected chi connectivity index (χ2v) is 3.45. The molecule has 0 aliphatic rings. The number of amides is 1. The maximum absolute atomic E-state index is 11.6. The van der Waals surface area contributed by atoms with E-state index in [4.69, 9.17) is 4.74 Å². The first kappa shape index (κ1) is 12.1. The van der Waals surface area contributed by atoms with Crippen LogP contribution >= 0.6 is 12.6 Å². The zero-order valence-electron chi connectivity index (χ0n) is 8.69. The minimum absolute atomic E-state index is 0.111. The smallest absolute Gasteiger partial charge is 0.252 e. The van der Waals surface area contributed by atoms with Crippen molar-refractivity contribution >= 4 is 18.5 Å². The standard InChI is InChI=1S/C11H15NO2S/c1-2-14-8-7-12-11(13)9-5-3-4-6-10(9)15/h3-6,15H,2,7-8H2,1H3,(H,12,13). The van der Waals surface area contributed by atoms with Gasteiger partial charge in [-0.15, -0.1) is 12.6 Å². The van der Waals surface area contributed by atoms with Gasteiger partial charge >= 0.3 is 0 Å². The summed E-state index contributed by atoms with van der Waals surface area (Å²) in [6.45, 7) is 3.65. The molecule has 82 valence electrons. The Bertz CT molecular complexity index is 328. The van der Waals surface area contributed by atoms with Gasteiger partial charge in [0.05, 0.1) is 12.2 Å². The third-order valence-corrected chi connectivity index (χ3v) is 2.27. The van der Waals surface area contributed by atoms with E-state index in [1.807, 2.05) is 19.1 Å². The highest BCUT2D eigenvalue weighted by atomic mass is 32.1. The number of hydrogen-bond acceptors (Lipinski definition) is 3. The van der Waals surface area contributed by atoms with Gasteiger partial charge in [-0.3, -0.25) is 4.79 Å². The first-order chi connectivity index (χ1) is 7.25. The number of rotatable bonds is 5. The molecule has 1 aromatic carbocycles. The highest BCUT2D eigenvalue weighted by molar-refractivity contribution is 7.80. The van der Waals surface area contributed by atoms with Crippen molar-refractivity contribution in [3.05, 3.63) is 29.8 Å². The molecule has 0 spiro atoms. The van der Waals surface area contributed by atoms with E-state index in [1.54, 1.807) is 12.1 Å². The Morgan fingerprint density at radius 3 is 2.87 bits per heavy atom. The van der Waals surface area contributed by atoms with E-state index in [0.29, 0.717) is 30.2 Å². The lowest BCUT2D eigenvalue weighted by atomic mass is 10.2. The Morgan fingerprint density at radius 1 is 1.47 bits per heavy atom. The largest absolute Gasteiger partial charge is 0.380 e. The first-order valence-corrected chi connectivity index (χ1v) is 5.34. The van der Waals surface area contributed by atoms with Crippen molar-refractivity contribution in [2.45, 2.75) is 11.8 Å². The van der Waals surface area contributed by atoms with E-state index in [-0.39, 0.29) is 5.91 Å². The number of carbonyl (C=O) groups excluding carboxylic acids is 1. The summed E-state index contributed by atoms with van der Waals surface area (Å²) in [6, 6.07) is 7.20. The van der Waals surface area contributed by atoms with Crippen LogP contribution in [0.3, 0.4) is 0 Å². The van der Waals surface area contributed by atoms with Crippen LogP contribution in [-0.2, 0) is 4.74 Å². The van der Waals surface area contributed by atoms with Crippen LogP contribution in [-0.4, -0.2) is 25.7 Å². The molecule has 0 heterocycles. The van der Waals surface area contributed by atoms with Crippen LogP contribution in [0.1, 0.15) is 17.3 Å². The Morgan fingerprint density at radius 2 is 2.20 bits per heavy atom. The fourth-order valence-corrected chi connectivity index (χ4v) is 1.40. The lowest BCUT2D eigenvalue weighted by Gasteiger charge is -2.06. The third-order valence-electron chi connectivity index (χ3n) is 1.88. The highest BCUT2D eigenvalue weighted by Gasteiger charge is 2.06. The van der Waals surface area contributed by atoms with Crippen molar-refractivity contribution in [3.63, 3.8) is 0 Å². The summed E-state index contributed by atoms with van der Waals surface area (Å²) in [4.78, 5) is 12.3. The molecule has 1 amide bonds.